The van der Waals surface area contributed by atoms with Gasteiger partial charge in [0.2, 0.25) is 27.7 Å². The van der Waals surface area contributed by atoms with Gasteiger partial charge in [0.25, 0.3) is 0 Å². The highest BCUT2D eigenvalue weighted by atomic mass is 32.2. The van der Waals surface area contributed by atoms with E-state index in [-0.39, 0.29) is 23.3 Å². The molecule has 0 aliphatic carbocycles. The summed E-state index contributed by atoms with van der Waals surface area (Å²) in [6.07, 6.45) is 1.48. The van der Waals surface area contributed by atoms with Crippen LogP contribution < -0.4 is 5.32 Å². The van der Waals surface area contributed by atoms with Gasteiger partial charge in [-0.1, -0.05) is 18.2 Å². The van der Waals surface area contributed by atoms with Crippen LogP contribution in [0.25, 0.3) is 11.5 Å². The zero-order valence-corrected chi connectivity index (χ0v) is 18.2. The van der Waals surface area contributed by atoms with Gasteiger partial charge >= 0.3 is 0 Å². The highest BCUT2D eigenvalue weighted by molar-refractivity contribution is 7.89. The second-order valence-electron chi connectivity index (χ2n) is 7.67. The van der Waals surface area contributed by atoms with Gasteiger partial charge < -0.3 is 9.73 Å². The highest BCUT2D eigenvalue weighted by Crippen LogP contribution is 2.32. The Balaban J connectivity index is 1.52. The van der Waals surface area contributed by atoms with Crippen LogP contribution in [0.3, 0.4) is 0 Å². The fourth-order valence-electron chi connectivity index (χ4n) is 3.75. The molecule has 2 aromatic carbocycles. The Kier molecular flexibility index (Phi) is 5.88. The first-order valence-corrected chi connectivity index (χ1v) is 11.6. The number of amides is 1. The number of piperidine rings is 1. The second kappa shape index (κ2) is 8.60. The zero-order valence-electron chi connectivity index (χ0n) is 17.4. The maximum Gasteiger partial charge on any atom is 0.248 e. The van der Waals surface area contributed by atoms with Crippen molar-refractivity contribution in [3.63, 3.8) is 0 Å². The summed E-state index contributed by atoms with van der Waals surface area (Å²) in [7, 11) is -3.67. The number of carbonyl (C=O) groups is 1. The molecule has 1 aliphatic rings. The molecule has 1 fully saturated rings. The number of nitrogens with zero attached hydrogens (tertiary/aromatic N) is 3. The Labute approximate surface area is 181 Å². The van der Waals surface area contributed by atoms with E-state index in [0.29, 0.717) is 30.4 Å². The minimum absolute atomic E-state index is 0.160. The van der Waals surface area contributed by atoms with E-state index in [2.05, 4.69) is 15.5 Å². The number of nitrogens with one attached hydrogen (secondary N) is 1. The number of anilines is 1. The van der Waals surface area contributed by atoms with Gasteiger partial charge in [-0.25, -0.2) is 8.42 Å². The quantitative estimate of drug-likeness (QED) is 0.650. The van der Waals surface area contributed by atoms with Crippen LogP contribution in [0.4, 0.5) is 5.69 Å². The van der Waals surface area contributed by atoms with E-state index in [4.69, 9.17) is 4.42 Å². The van der Waals surface area contributed by atoms with Crippen LogP contribution in [0.1, 0.15) is 37.1 Å². The molecule has 1 atom stereocenters. The number of aryl methyl sites for hydroxylation is 1. The standard InChI is InChI=1S/C22H24N4O4S/c1-15-6-3-4-8-20(15)22-25-24-21(30-22)17-7-5-13-26(14-17)31(28,29)19-11-9-18(10-12-19)23-16(2)27/h3-4,6,8-12,17H,5,7,13-14H2,1-2H3,(H,23,27). The molecule has 162 valence electrons. The van der Waals surface area contributed by atoms with Crippen LogP contribution in [0.15, 0.2) is 57.8 Å². The summed E-state index contributed by atoms with van der Waals surface area (Å²) >= 11 is 0. The fraction of sp³-hybridized carbons (Fsp3) is 0.318. The Bertz CT molecular complexity index is 1190. The summed E-state index contributed by atoms with van der Waals surface area (Å²) in [5, 5.41) is 11.0. The molecule has 1 aromatic heterocycles. The van der Waals surface area contributed by atoms with Crippen LogP contribution in [0.2, 0.25) is 0 Å². The van der Waals surface area contributed by atoms with E-state index >= 15 is 0 Å². The van der Waals surface area contributed by atoms with Crippen LogP contribution in [0.5, 0.6) is 0 Å². The Hall–Kier alpha value is -3.04. The number of rotatable bonds is 5. The molecule has 0 radical (unpaired) electrons. The van der Waals surface area contributed by atoms with Crippen molar-refractivity contribution in [3.05, 3.63) is 60.0 Å². The van der Waals surface area contributed by atoms with Crippen molar-refractivity contribution in [1.82, 2.24) is 14.5 Å². The number of hydrogen-bond donors (Lipinski definition) is 1. The molecule has 8 nitrogen and oxygen atoms in total. The molecule has 1 saturated heterocycles. The number of sulfonamides is 1. The van der Waals surface area contributed by atoms with Crippen molar-refractivity contribution >= 4 is 21.6 Å². The lowest BCUT2D eigenvalue weighted by Gasteiger charge is -2.30. The molecule has 0 bridgehead atoms. The minimum Gasteiger partial charge on any atom is -0.420 e. The third-order valence-electron chi connectivity index (χ3n) is 5.36. The zero-order chi connectivity index (χ0) is 22.0. The van der Waals surface area contributed by atoms with E-state index in [1.165, 1.54) is 23.4 Å². The van der Waals surface area contributed by atoms with Crippen molar-refractivity contribution in [2.24, 2.45) is 0 Å². The number of aromatic nitrogens is 2. The van der Waals surface area contributed by atoms with Gasteiger partial charge in [-0.15, -0.1) is 10.2 Å². The summed E-state index contributed by atoms with van der Waals surface area (Å²) < 4.78 is 33.7. The first-order chi connectivity index (χ1) is 14.8. The first-order valence-electron chi connectivity index (χ1n) is 10.1. The van der Waals surface area contributed by atoms with E-state index in [1.807, 2.05) is 31.2 Å². The van der Waals surface area contributed by atoms with Gasteiger partial charge in [-0.3, -0.25) is 4.79 Å². The molecule has 0 saturated carbocycles. The van der Waals surface area contributed by atoms with Crippen molar-refractivity contribution in [1.29, 1.82) is 0 Å². The summed E-state index contributed by atoms with van der Waals surface area (Å²) in [5.41, 5.74) is 2.46. The summed E-state index contributed by atoms with van der Waals surface area (Å²) in [5.74, 6) is 0.535. The molecule has 4 rings (SSSR count). The molecule has 1 aliphatic heterocycles. The third kappa shape index (κ3) is 4.52. The van der Waals surface area contributed by atoms with Crippen molar-refractivity contribution in [2.75, 3.05) is 18.4 Å². The number of hydrogen-bond acceptors (Lipinski definition) is 6. The van der Waals surface area contributed by atoms with Gasteiger partial charge in [0.15, 0.2) is 0 Å². The van der Waals surface area contributed by atoms with E-state index in [9.17, 15) is 13.2 Å². The average molecular weight is 441 g/mol. The Morgan fingerprint density at radius 1 is 1.13 bits per heavy atom. The maximum absolute atomic E-state index is 13.1. The number of benzene rings is 2. The number of carbonyl (C=O) groups excluding carboxylic acids is 1. The monoisotopic (exact) mass is 440 g/mol. The van der Waals surface area contributed by atoms with Crippen LogP contribution in [-0.2, 0) is 14.8 Å². The predicted molar refractivity (Wildman–Crippen MR) is 116 cm³/mol. The maximum atomic E-state index is 13.1. The normalized spacial score (nSPS) is 17.4. The molecule has 0 spiro atoms. The highest BCUT2D eigenvalue weighted by Gasteiger charge is 2.33. The molecular formula is C22H24N4O4S. The first kappa shape index (κ1) is 21.2. The molecule has 1 N–H and O–H groups in total. The van der Waals surface area contributed by atoms with Gasteiger partial charge in [0.1, 0.15) is 0 Å². The molecule has 3 aromatic rings. The van der Waals surface area contributed by atoms with Crippen LogP contribution in [-0.4, -0.2) is 41.9 Å². The lowest BCUT2D eigenvalue weighted by atomic mass is 10.00. The van der Waals surface area contributed by atoms with E-state index in [0.717, 1.165) is 17.5 Å². The summed E-state index contributed by atoms with van der Waals surface area (Å²) in [4.78, 5) is 11.4. The Morgan fingerprint density at radius 3 is 2.58 bits per heavy atom. The lowest BCUT2D eigenvalue weighted by Crippen LogP contribution is -2.39. The molecule has 9 heteroatoms. The van der Waals surface area contributed by atoms with Crippen molar-refractivity contribution in [3.8, 4) is 11.5 Å². The van der Waals surface area contributed by atoms with Crippen molar-refractivity contribution in [2.45, 2.75) is 37.5 Å². The van der Waals surface area contributed by atoms with Gasteiger partial charge in [-0.05, 0) is 55.7 Å². The topological polar surface area (TPSA) is 105 Å². The lowest BCUT2D eigenvalue weighted by molar-refractivity contribution is -0.114. The fourth-order valence-corrected chi connectivity index (χ4v) is 5.27. The van der Waals surface area contributed by atoms with E-state index < -0.39 is 10.0 Å². The molecule has 2 heterocycles. The molecular weight excluding hydrogens is 416 g/mol. The average Bonchev–Trinajstić information content (AvgIpc) is 3.24. The van der Waals surface area contributed by atoms with Crippen LogP contribution >= 0.6 is 0 Å². The minimum atomic E-state index is -3.67. The molecule has 31 heavy (non-hydrogen) atoms. The molecule has 1 amide bonds. The Morgan fingerprint density at radius 2 is 1.87 bits per heavy atom. The van der Waals surface area contributed by atoms with Crippen LogP contribution in [0, 0.1) is 6.92 Å². The summed E-state index contributed by atoms with van der Waals surface area (Å²) in [6, 6.07) is 14.0. The van der Waals surface area contributed by atoms with E-state index in [1.54, 1.807) is 12.1 Å². The van der Waals surface area contributed by atoms with Gasteiger partial charge in [0.05, 0.1) is 10.8 Å². The predicted octanol–water partition coefficient (Wildman–Crippen LogP) is 3.57. The van der Waals surface area contributed by atoms with Gasteiger partial charge in [0, 0.05) is 31.3 Å². The largest absolute Gasteiger partial charge is 0.420 e. The third-order valence-corrected chi connectivity index (χ3v) is 7.24. The SMILES string of the molecule is CC(=O)Nc1ccc(S(=O)(=O)N2CCCC(c3nnc(-c4ccccc4C)o3)C2)cc1. The summed E-state index contributed by atoms with van der Waals surface area (Å²) in [6.45, 7) is 4.10. The van der Waals surface area contributed by atoms with Gasteiger partial charge in [-0.2, -0.15) is 4.31 Å². The molecule has 1 unspecified atom stereocenters. The second-order valence-corrected chi connectivity index (χ2v) is 9.61. The van der Waals surface area contributed by atoms with Crippen molar-refractivity contribution < 1.29 is 17.6 Å². The smallest absolute Gasteiger partial charge is 0.248 e.